The first-order chi connectivity index (χ1) is 16.0. The number of sulfonamides is 1. The van der Waals surface area contributed by atoms with E-state index in [2.05, 4.69) is 35.6 Å². The summed E-state index contributed by atoms with van der Waals surface area (Å²) in [5.74, 6) is 0.0579. The molecule has 1 amide bonds. The van der Waals surface area contributed by atoms with E-state index in [1.807, 2.05) is 12.2 Å². The van der Waals surface area contributed by atoms with E-state index < -0.39 is 10.0 Å². The van der Waals surface area contributed by atoms with E-state index in [4.69, 9.17) is 11.6 Å². The third-order valence-electron chi connectivity index (χ3n) is 5.50. The van der Waals surface area contributed by atoms with Gasteiger partial charge in [0.1, 0.15) is 0 Å². The summed E-state index contributed by atoms with van der Waals surface area (Å²) in [5, 5.41) is 4.50. The lowest BCUT2D eigenvalue weighted by Crippen LogP contribution is -2.33. The van der Waals surface area contributed by atoms with E-state index in [0.717, 1.165) is 12.0 Å². The number of carbonyl (C=O) groups is 1. The molecule has 0 saturated heterocycles. The second-order valence-corrected chi connectivity index (χ2v) is 11.2. The van der Waals surface area contributed by atoms with E-state index in [9.17, 15) is 13.2 Å². The molecule has 0 spiro atoms. The van der Waals surface area contributed by atoms with Crippen LogP contribution in [0.3, 0.4) is 0 Å². The molecule has 8 nitrogen and oxygen atoms in total. The van der Waals surface area contributed by atoms with Crippen LogP contribution in [0.2, 0.25) is 5.02 Å². The Hall–Kier alpha value is -3.17. The monoisotopic (exact) mass is 499 g/mol. The van der Waals surface area contributed by atoms with Gasteiger partial charge >= 0.3 is 0 Å². The predicted octanol–water partition coefficient (Wildman–Crippen LogP) is 4.42. The number of hydrogen-bond donors (Lipinski definition) is 1. The van der Waals surface area contributed by atoms with Crippen molar-refractivity contribution in [3.05, 3.63) is 77.2 Å². The molecule has 178 valence electrons. The highest BCUT2D eigenvalue weighted by molar-refractivity contribution is 7.92. The van der Waals surface area contributed by atoms with Gasteiger partial charge in [0.15, 0.2) is 5.82 Å². The first kappa shape index (κ1) is 24.0. The first-order valence-corrected chi connectivity index (χ1v) is 12.7. The van der Waals surface area contributed by atoms with Crippen LogP contribution in [0.25, 0.3) is 5.82 Å². The summed E-state index contributed by atoms with van der Waals surface area (Å²) in [6.07, 6.45) is 9.17. The van der Waals surface area contributed by atoms with Crippen molar-refractivity contribution < 1.29 is 13.2 Å². The van der Waals surface area contributed by atoms with Gasteiger partial charge in [0, 0.05) is 25.5 Å². The topological polar surface area (TPSA) is 97.2 Å². The SMILES string of the molecule is CC(C)(C)c1ccc(S(=O)(=O)Nc2cc(Cl)cnc2-n2cc(C(=O)N3CC=CCC3)cn2)cc1. The number of aromatic nitrogens is 3. The fraction of sp³-hybridized carbons (Fsp3) is 0.292. The maximum absolute atomic E-state index is 13.1. The van der Waals surface area contributed by atoms with Gasteiger partial charge in [-0.1, -0.05) is 56.7 Å². The lowest BCUT2D eigenvalue weighted by molar-refractivity contribution is 0.0771. The Bertz CT molecular complexity index is 1340. The van der Waals surface area contributed by atoms with E-state index in [1.165, 1.54) is 29.3 Å². The minimum absolute atomic E-state index is 0.0977. The predicted molar refractivity (Wildman–Crippen MR) is 132 cm³/mol. The van der Waals surface area contributed by atoms with Crippen molar-refractivity contribution >= 4 is 33.2 Å². The summed E-state index contributed by atoms with van der Waals surface area (Å²) >= 11 is 6.11. The molecule has 0 atom stereocenters. The Balaban J connectivity index is 1.62. The van der Waals surface area contributed by atoms with Crippen LogP contribution in [-0.4, -0.2) is 47.1 Å². The van der Waals surface area contributed by atoms with Gasteiger partial charge in [-0.25, -0.2) is 18.1 Å². The summed E-state index contributed by atoms with van der Waals surface area (Å²) in [5.41, 5.74) is 1.46. The summed E-state index contributed by atoms with van der Waals surface area (Å²) in [4.78, 5) is 18.9. The Morgan fingerprint density at radius 2 is 1.85 bits per heavy atom. The van der Waals surface area contributed by atoms with Crippen molar-refractivity contribution in [3.63, 3.8) is 0 Å². The van der Waals surface area contributed by atoms with Gasteiger partial charge in [-0.15, -0.1) is 0 Å². The zero-order valence-corrected chi connectivity index (χ0v) is 20.8. The van der Waals surface area contributed by atoms with Crippen LogP contribution in [0.15, 0.2) is 66.0 Å². The standard InChI is InChI=1S/C24H26ClN5O3S/c1-24(2,3)18-7-9-20(10-8-18)34(32,33)28-21-13-19(25)15-26-22(21)30-16-17(14-27-30)23(31)29-11-5-4-6-12-29/h4-5,7-10,13-16,28H,6,11-12H2,1-3H3. The average molecular weight is 500 g/mol. The van der Waals surface area contributed by atoms with Crippen molar-refractivity contribution in [2.24, 2.45) is 0 Å². The zero-order chi connectivity index (χ0) is 24.5. The van der Waals surface area contributed by atoms with E-state index in [-0.39, 0.29) is 32.7 Å². The van der Waals surface area contributed by atoms with Gasteiger partial charge in [-0.2, -0.15) is 5.10 Å². The maximum atomic E-state index is 13.1. The molecule has 1 aromatic carbocycles. The summed E-state index contributed by atoms with van der Waals surface area (Å²) in [6.45, 7) is 7.36. The van der Waals surface area contributed by atoms with Crippen LogP contribution >= 0.6 is 11.6 Å². The second kappa shape index (κ2) is 9.23. The van der Waals surface area contributed by atoms with E-state index >= 15 is 0 Å². The van der Waals surface area contributed by atoms with E-state index in [1.54, 1.807) is 29.2 Å². The lowest BCUT2D eigenvalue weighted by atomic mass is 9.87. The molecule has 0 saturated carbocycles. The number of anilines is 1. The minimum Gasteiger partial charge on any atom is -0.335 e. The first-order valence-electron chi connectivity index (χ1n) is 10.8. The minimum atomic E-state index is -3.92. The van der Waals surface area contributed by atoms with Crippen molar-refractivity contribution in [1.82, 2.24) is 19.7 Å². The molecular formula is C24H26ClN5O3S. The molecule has 2 aromatic heterocycles. The Morgan fingerprint density at radius 1 is 1.12 bits per heavy atom. The molecule has 0 bridgehead atoms. The second-order valence-electron chi connectivity index (χ2n) is 9.09. The largest absolute Gasteiger partial charge is 0.335 e. The average Bonchev–Trinajstić information content (AvgIpc) is 3.28. The lowest BCUT2D eigenvalue weighted by Gasteiger charge is -2.22. The number of carbonyl (C=O) groups excluding carboxylic acids is 1. The van der Waals surface area contributed by atoms with Crippen LogP contribution in [0.1, 0.15) is 43.1 Å². The number of hydrogen-bond acceptors (Lipinski definition) is 5. The summed E-state index contributed by atoms with van der Waals surface area (Å²) < 4.78 is 30.1. The Labute approximate surface area is 204 Å². The Morgan fingerprint density at radius 3 is 2.50 bits per heavy atom. The van der Waals surface area contributed by atoms with Crippen LogP contribution in [-0.2, 0) is 15.4 Å². The molecule has 1 N–H and O–H groups in total. The molecular weight excluding hydrogens is 474 g/mol. The van der Waals surface area contributed by atoms with Crippen molar-refractivity contribution in [2.45, 2.75) is 37.5 Å². The number of nitrogens with one attached hydrogen (secondary N) is 1. The third-order valence-corrected chi connectivity index (χ3v) is 7.09. The number of benzene rings is 1. The Kier molecular flexibility index (Phi) is 6.51. The zero-order valence-electron chi connectivity index (χ0n) is 19.2. The number of halogens is 1. The number of pyridine rings is 1. The highest BCUT2D eigenvalue weighted by atomic mass is 35.5. The van der Waals surface area contributed by atoms with Gasteiger partial charge in [-0.05, 0) is 35.6 Å². The van der Waals surface area contributed by atoms with Crippen LogP contribution in [0.5, 0.6) is 0 Å². The smallest absolute Gasteiger partial charge is 0.262 e. The molecule has 34 heavy (non-hydrogen) atoms. The van der Waals surface area contributed by atoms with Gasteiger partial charge in [-0.3, -0.25) is 9.52 Å². The molecule has 4 rings (SSSR count). The van der Waals surface area contributed by atoms with Crippen LogP contribution < -0.4 is 4.72 Å². The van der Waals surface area contributed by atoms with Gasteiger partial charge in [0.25, 0.3) is 15.9 Å². The number of rotatable bonds is 5. The van der Waals surface area contributed by atoms with Gasteiger partial charge < -0.3 is 4.90 Å². The molecule has 0 fully saturated rings. The summed E-state index contributed by atoms with van der Waals surface area (Å²) in [7, 11) is -3.92. The quantitative estimate of drug-likeness (QED) is 0.524. The number of amides is 1. The van der Waals surface area contributed by atoms with E-state index in [0.29, 0.717) is 18.7 Å². The molecule has 0 unspecified atom stereocenters. The third kappa shape index (κ3) is 5.15. The van der Waals surface area contributed by atoms with Gasteiger partial charge in [0.2, 0.25) is 0 Å². The fourth-order valence-electron chi connectivity index (χ4n) is 3.58. The fourth-order valence-corrected chi connectivity index (χ4v) is 4.79. The molecule has 3 aromatic rings. The molecule has 1 aliphatic heterocycles. The molecule has 0 radical (unpaired) electrons. The maximum Gasteiger partial charge on any atom is 0.262 e. The van der Waals surface area contributed by atoms with Crippen molar-refractivity contribution in [3.8, 4) is 5.82 Å². The van der Waals surface area contributed by atoms with Crippen molar-refractivity contribution in [2.75, 3.05) is 17.8 Å². The number of nitrogens with zero attached hydrogens (tertiary/aromatic N) is 4. The summed E-state index contributed by atoms with van der Waals surface area (Å²) in [6, 6.07) is 8.19. The van der Waals surface area contributed by atoms with Crippen LogP contribution in [0.4, 0.5) is 5.69 Å². The highest BCUT2D eigenvalue weighted by Crippen LogP contribution is 2.27. The normalized spacial score (nSPS) is 14.3. The van der Waals surface area contributed by atoms with Gasteiger partial charge in [0.05, 0.1) is 27.4 Å². The molecule has 1 aliphatic rings. The highest BCUT2D eigenvalue weighted by Gasteiger charge is 2.22. The molecule has 0 aliphatic carbocycles. The molecule has 10 heteroatoms. The van der Waals surface area contributed by atoms with Crippen LogP contribution in [0, 0.1) is 0 Å². The van der Waals surface area contributed by atoms with Crippen molar-refractivity contribution in [1.29, 1.82) is 0 Å². The molecule has 3 heterocycles.